The molecule has 0 bridgehead atoms. The summed E-state index contributed by atoms with van der Waals surface area (Å²) in [5, 5.41) is 0. The largest absolute Gasteiger partial charge is 0.369 e. The van der Waals surface area contributed by atoms with Gasteiger partial charge in [-0.05, 0) is 23.3 Å². The van der Waals surface area contributed by atoms with Gasteiger partial charge in [-0.2, -0.15) is 0 Å². The van der Waals surface area contributed by atoms with Crippen LogP contribution in [0, 0.1) is 17.6 Å². The molecular formula is C26H27F2N2O+. The van der Waals surface area contributed by atoms with Crippen LogP contribution in [-0.2, 0) is 16.8 Å². The van der Waals surface area contributed by atoms with Gasteiger partial charge in [0, 0.05) is 24.0 Å². The lowest BCUT2D eigenvalue weighted by Gasteiger charge is -2.38. The fraction of sp³-hybridized carbons (Fsp3) is 0.269. The Hall–Kier alpha value is -3.05. The molecule has 31 heavy (non-hydrogen) atoms. The van der Waals surface area contributed by atoms with Gasteiger partial charge in [0.15, 0.2) is 0 Å². The Labute approximate surface area is 181 Å². The Balaban J connectivity index is 1.74. The average molecular weight is 422 g/mol. The van der Waals surface area contributed by atoms with Crippen molar-refractivity contribution in [3.63, 3.8) is 0 Å². The molecule has 1 aliphatic heterocycles. The van der Waals surface area contributed by atoms with Crippen molar-refractivity contribution in [2.24, 2.45) is 11.7 Å². The highest BCUT2D eigenvalue weighted by atomic mass is 19.1. The van der Waals surface area contributed by atoms with E-state index in [1.807, 2.05) is 60.7 Å². The molecule has 1 heterocycles. The summed E-state index contributed by atoms with van der Waals surface area (Å²) in [6, 6.07) is 23.0. The van der Waals surface area contributed by atoms with E-state index in [1.165, 1.54) is 12.1 Å². The van der Waals surface area contributed by atoms with Crippen LogP contribution in [0.2, 0.25) is 0 Å². The number of nitrogens with zero attached hydrogens (tertiary/aromatic N) is 1. The van der Waals surface area contributed by atoms with Gasteiger partial charge in [0.25, 0.3) is 0 Å². The highest BCUT2D eigenvalue weighted by Gasteiger charge is 2.53. The molecule has 3 aromatic rings. The molecule has 5 heteroatoms. The second-order valence-corrected chi connectivity index (χ2v) is 8.85. The van der Waals surface area contributed by atoms with Gasteiger partial charge in [0.2, 0.25) is 5.91 Å². The van der Waals surface area contributed by atoms with E-state index in [2.05, 4.69) is 7.05 Å². The molecule has 160 valence electrons. The Morgan fingerprint density at radius 2 is 1.48 bits per heavy atom. The molecule has 2 unspecified atom stereocenters. The summed E-state index contributed by atoms with van der Waals surface area (Å²) >= 11 is 0. The fourth-order valence-electron chi connectivity index (χ4n) is 5.35. The zero-order valence-electron chi connectivity index (χ0n) is 17.6. The quantitative estimate of drug-likeness (QED) is 0.589. The Morgan fingerprint density at radius 3 is 1.97 bits per heavy atom. The molecule has 3 aromatic carbocycles. The standard InChI is InChI=1S/C26H26F2N2O/c1-30(17-19-14-23(27)16-24(28)15-19)13-12-22(18-30)26(25(29)31,20-8-4-2-5-9-20)21-10-6-3-7-11-21/h2-11,14-16,22H,12-13,17-18H2,1H3,(H-,29,31)/p+1. The van der Waals surface area contributed by atoms with Gasteiger partial charge in [-0.1, -0.05) is 60.7 Å². The number of carbonyl (C=O) groups is 1. The first kappa shape index (κ1) is 21.2. The maximum atomic E-state index is 13.7. The summed E-state index contributed by atoms with van der Waals surface area (Å²) in [6.07, 6.45) is 0.779. The van der Waals surface area contributed by atoms with Gasteiger partial charge in [0.1, 0.15) is 23.6 Å². The van der Waals surface area contributed by atoms with Crippen LogP contribution in [0.5, 0.6) is 0 Å². The van der Waals surface area contributed by atoms with Crippen LogP contribution in [0.1, 0.15) is 23.1 Å². The maximum absolute atomic E-state index is 13.7. The number of carbonyl (C=O) groups excluding carboxylic acids is 1. The molecule has 0 saturated carbocycles. The van der Waals surface area contributed by atoms with E-state index in [9.17, 15) is 13.6 Å². The van der Waals surface area contributed by atoms with Crippen molar-refractivity contribution in [2.45, 2.75) is 18.4 Å². The topological polar surface area (TPSA) is 43.1 Å². The van der Waals surface area contributed by atoms with Crippen LogP contribution in [0.4, 0.5) is 8.78 Å². The molecule has 1 saturated heterocycles. The SMILES string of the molecule is C[N+]1(Cc2cc(F)cc(F)c2)CCC(C(C(N)=O)(c2ccccc2)c2ccccc2)C1. The van der Waals surface area contributed by atoms with Gasteiger partial charge < -0.3 is 10.2 Å². The predicted octanol–water partition coefficient (Wildman–Crippen LogP) is 4.40. The van der Waals surface area contributed by atoms with Crippen LogP contribution in [0.25, 0.3) is 0 Å². The van der Waals surface area contributed by atoms with Crippen molar-refractivity contribution >= 4 is 5.91 Å². The molecule has 2 N–H and O–H groups in total. The van der Waals surface area contributed by atoms with Gasteiger partial charge in [-0.3, -0.25) is 4.79 Å². The van der Waals surface area contributed by atoms with Crippen molar-refractivity contribution in [1.82, 2.24) is 0 Å². The highest BCUT2D eigenvalue weighted by molar-refractivity contribution is 5.91. The van der Waals surface area contributed by atoms with Gasteiger partial charge in [-0.15, -0.1) is 0 Å². The third-order valence-electron chi connectivity index (χ3n) is 6.62. The van der Waals surface area contributed by atoms with Crippen LogP contribution < -0.4 is 5.73 Å². The number of primary amides is 1. The number of benzene rings is 3. The van der Waals surface area contributed by atoms with Crippen LogP contribution in [0.15, 0.2) is 78.9 Å². The van der Waals surface area contributed by atoms with Crippen molar-refractivity contribution in [3.05, 3.63) is 107 Å². The third-order valence-corrected chi connectivity index (χ3v) is 6.62. The van der Waals surface area contributed by atoms with Crippen LogP contribution in [-0.4, -0.2) is 30.5 Å². The minimum Gasteiger partial charge on any atom is -0.369 e. The van der Waals surface area contributed by atoms with E-state index >= 15 is 0 Å². The molecule has 0 spiro atoms. The normalized spacial score (nSPS) is 21.2. The molecular weight excluding hydrogens is 394 g/mol. The monoisotopic (exact) mass is 421 g/mol. The first-order valence-corrected chi connectivity index (χ1v) is 10.5. The first-order chi connectivity index (χ1) is 14.8. The van der Waals surface area contributed by atoms with Gasteiger partial charge in [0.05, 0.1) is 20.1 Å². The first-order valence-electron chi connectivity index (χ1n) is 10.5. The molecule has 0 aliphatic carbocycles. The number of amides is 1. The second kappa shape index (κ2) is 8.23. The summed E-state index contributed by atoms with van der Waals surface area (Å²) in [7, 11) is 2.07. The minimum atomic E-state index is -0.967. The lowest BCUT2D eigenvalue weighted by Crippen LogP contribution is -2.51. The lowest BCUT2D eigenvalue weighted by molar-refractivity contribution is -0.912. The Kier molecular flexibility index (Phi) is 5.63. The number of nitrogens with two attached hydrogens (primary N) is 1. The molecule has 1 amide bonds. The van der Waals surface area contributed by atoms with Crippen LogP contribution >= 0.6 is 0 Å². The average Bonchev–Trinajstić information content (AvgIpc) is 3.11. The summed E-state index contributed by atoms with van der Waals surface area (Å²) in [5.74, 6) is -1.56. The van der Waals surface area contributed by atoms with Crippen molar-refractivity contribution in [1.29, 1.82) is 0 Å². The maximum Gasteiger partial charge on any atom is 0.233 e. The van der Waals surface area contributed by atoms with Gasteiger partial charge in [-0.25, -0.2) is 8.78 Å². The second-order valence-electron chi connectivity index (χ2n) is 8.85. The van der Waals surface area contributed by atoms with Crippen molar-refractivity contribution in [2.75, 3.05) is 20.1 Å². The van der Waals surface area contributed by atoms with E-state index in [0.717, 1.165) is 30.2 Å². The summed E-state index contributed by atoms with van der Waals surface area (Å²) in [5.41, 5.74) is 7.56. The van der Waals surface area contributed by atoms with E-state index < -0.39 is 17.0 Å². The molecule has 0 radical (unpaired) electrons. The van der Waals surface area contributed by atoms with Crippen LogP contribution in [0.3, 0.4) is 0 Å². The number of hydrogen-bond donors (Lipinski definition) is 1. The number of quaternary nitrogens is 1. The highest BCUT2D eigenvalue weighted by Crippen LogP contribution is 2.45. The van der Waals surface area contributed by atoms with E-state index in [4.69, 9.17) is 5.73 Å². The zero-order chi connectivity index (χ0) is 22.1. The number of halogens is 2. The lowest BCUT2D eigenvalue weighted by atomic mass is 9.64. The van der Waals surface area contributed by atoms with Crippen molar-refractivity contribution in [3.8, 4) is 0 Å². The predicted molar refractivity (Wildman–Crippen MR) is 117 cm³/mol. The summed E-state index contributed by atoms with van der Waals surface area (Å²) < 4.78 is 28.1. The summed E-state index contributed by atoms with van der Waals surface area (Å²) in [4.78, 5) is 13.2. The minimum absolute atomic E-state index is 0.0433. The summed E-state index contributed by atoms with van der Waals surface area (Å²) in [6.45, 7) is 1.95. The molecule has 1 aliphatic rings. The number of likely N-dealkylation sites (tertiary alicyclic amines) is 1. The fourth-order valence-corrected chi connectivity index (χ4v) is 5.35. The Morgan fingerprint density at radius 1 is 0.968 bits per heavy atom. The third kappa shape index (κ3) is 3.98. The smallest absolute Gasteiger partial charge is 0.233 e. The Bertz CT molecular complexity index is 1010. The van der Waals surface area contributed by atoms with Crippen molar-refractivity contribution < 1.29 is 18.1 Å². The number of rotatable bonds is 6. The molecule has 0 aromatic heterocycles. The zero-order valence-corrected chi connectivity index (χ0v) is 17.6. The van der Waals surface area contributed by atoms with E-state index in [1.54, 1.807) is 0 Å². The number of hydrogen-bond acceptors (Lipinski definition) is 1. The molecule has 4 rings (SSSR count). The van der Waals surface area contributed by atoms with E-state index in [-0.39, 0.29) is 11.8 Å². The molecule has 2 atom stereocenters. The molecule has 1 fully saturated rings. The van der Waals surface area contributed by atoms with E-state index in [0.29, 0.717) is 23.1 Å². The van der Waals surface area contributed by atoms with Gasteiger partial charge >= 0.3 is 0 Å². The molecule has 3 nitrogen and oxygen atoms in total.